The summed E-state index contributed by atoms with van der Waals surface area (Å²) in [5.41, 5.74) is 7.80. The molecule has 0 heterocycles. The summed E-state index contributed by atoms with van der Waals surface area (Å²) in [5.74, 6) is 13.2. The predicted molar refractivity (Wildman–Crippen MR) is 107 cm³/mol. The van der Waals surface area contributed by atoms with Gasteiger partial charge in [0.2, 0.25) is 0 Å². The fraction of sp³-hybridized carbons (Fsp3) is 0.360. The van der Waals surface area contributed by atoms with Crippen molar-refractivity contribution in [2.45, 2.75) is 58.8 Å². The second-order valence-corrected chi connectivity index (χ2v) is 6.73. The van der Waals surface area contributed by atoms with Crippen LogP contribution in [0.1, 0.15) is 74.6 Å². The Morgan fingerprint density at radius 1 is 0.720 bits per heavy atom. The lowest BCUT2D eigenvalue weighted by Crippen LogP contribution is -1.83. The molecular formula is C25H26. The SMILES string of the molecule is CCCCC#Cc1ccc2c(c1)Cc1cc(C#CCCCC)ccc1-2. The molecule has 126 valence electrons. The first kappa shape index (κ1) is 17.4. The van der Waals surface area contributed by atoms with Gasteiger partial charge in [-0.15, -0.1) is 0 Å². The van der Waals surface area contributed by atoms with Crippen LogP contribution in [0, 0.1) is 23.7 Å². The Hall–Kier alpha value is -2.44. The van der Waals surface area contributed by atoms with E-state index in [0.29, 0.717) is 0 Å². The average Bonchev–Trinajstić information content (AvgIpc) is 2.99. The van der Waals surface area contributed by atoms with Crippen molar-refractivity contribution >= 4 is 0 Å². The Labute approximate surface area is 152 Å². The van der Waals surface area contributed by atoms with Crippen LogP contribution in [0.25, 0.3) is 11.1 Å². The Morgan fingerprint density at radius 2 is 1.20 bits per heavy atom. The fourth-order valence-corrected chi connectivity index (χ4v) is 3.23. The van der Waals surface area contributed by atoms with Gasteiger partial charge in [-0.05, 0) is 65.8 Å². The summed E-state index contributed by atoms with van der Waals surface area (Å²) in [6.45, 7) is 4.41. The van der Waals surface area contributed by atoms with Crippen molar-refractivity contribution in [1.29, 1.82) is 0 Å². The largest absolute Gasteiger partial charge is 0.0979 e. The fourth-order valence-electron chi connectivity index (χ4n) is 3.23. The monoisotopic (exact) mass is 326 g/mol. The summed E-state index contributed by atoms with van der Waals surface area (Å²) in [4.78, 5) is 0. The van der Waals surface area contributed by atoms with Crippen LogP contribution in [0.4, 0.5) is 0 Å². The van der Waals surface area contributed by atoms with E-state index < -0.39 is 0 Å². The molecule has 0 radical (unpaired) electrons. The Balaban J connectivity index is 1.76. The van der Waals surface area contributed by atoms with E-state index >= 15 is 0 Å². The molecule has 0 saturated carbocycles. The average molecular weight is 326 g/mol. The lowest BCUT2D eigenvalue weighted by Gasteiger charge is -2.01. The maximum atomic E-state index is 3.31. The molecule has 0 fully saturated rings. The Kier molecular flexibility index (Phi) is 5.98. The van der Waals surface area contributed by atoms with Gasteiger partial charge in [0.25, 0.3) is 0 Å². The van der Waals surface area contributed by atoms with Crippen LogP contribution in [0.3, 0.4) is 0 Å². The van der Waals surface area contributed by atoms with E-state index in [1.165, 1.54) is 47.9 Å². The first-order chi connectivity index (χ1) is 12.3. The van der Waals surface area contributed by atoms with Crippen molar-refractivity contribution < 1.29 is 0 Å². The van der Waals surface area contributed by atoms with Crippen LogP contribution < -0.4 is 0 Å². The van der Waals surface area contributed by atoms with Crippen LogP contribution in [0.5, 0.6) is 0 Å². The highest BCUT2D eigenvalue weighted by atomic mass is 14.2. The van der Waals surface area contributed by atoms with Crippen LogP contribution in [0.15, 0.2) is 36.4 Å². The van der Waals surface area contributed by atoms with Gasteiger partial charge in [-0.25, -0.2) is 0 Å². The molecule has 0 N–H and O–H groups in total. The first-order valence-electron chi connectivity index (χ1n) is 9.55. The Bertz CT molecular complexity index is 789. The van der Waals surface area contributed by atoms with Gasteiger partial charge in [0.15, 0.2) is 0 Å². The molecule has 1 aliphatic carbocycles. The highest BCUT2D eigenvalue weighted by molar-refractivity contribution is 5.78. The van der Waals surface area contributed by atoms with Crippen molar-refractivity contribution in [2.24, 2.45) is 0 Å². The molecule has 2 aromatic rings. The van der Waals surface area contributed by atoms with Crippen LogP contribution in [0.2, 0.25) is 0 Å². The molecule has 0 amide bonds. The van der Waals surface area contributed by atoms with Gasteiger partial charge in [-0.3, -0.25) is 0 Å². The zero-order valence-corrected chi connectivity index (χ0v) is 15.4. The molecule has 25 heavy (non-hydrogen) atoms. The molecule has 0 heteroatoms. The van der Waals surface area contributed by atoms with Gasteiger partial charge in [0.05, 0.1) is 0 Å². The molecule has 1 aliphatic rings. The number of rotatable bonds is 4. The van der Waals surface area contributed by atoms with Gasteiger partial charge in [-0.1, -0.05) is 62.5 Å². The zero-order valence-electron chi connectivity index (χ0n) is 15.4. The van der Waals surface area contributed by atoms with Crippen LogP contribution >= 0.6 is 0 Å². The minimum Gasteiger partial charge on any atom is -0.0979 e. The third-order valence-corrected chi connectivity index (χ3v) is 4.66. The number of unbranched alkanes of at least 4 members (excludes halogenated alkanes) is 4. The predicted octanol–water partition coefficient (Wildman–Crippen LogP) is 6.34. The third kappa shape index (κ3) is 4.35. The van der Waals surface area contributed by atoms with E-state index in [9.17, 15) is 0 Å². The summed E-state index contributed by atoms with van der Waals surface area (Å²) in [6, 6.07) is 13.3. The molecule has 0 nitrogen and oxygen atoms in total. The lowest BCUT2D eigenvalue weighted by molar-refractivity contribution is 0.828. The van der Waals surface area contributed by atoms with Crippen molar-refractivity contribution in [3.8, 4) is 34.8 Å². The molecule has 0 spiro atoms. The van der Waals surface area contributed by atoms with Gasteiger partial charge in [-0.2, -0.15) is 0 Å². The highest BCUT2D eigenvalue weighted by Crippen LogP contribution is 2.37. The number of hydrogen-bond donors (Lipinski definition) is 0. The van der Waals surface area contributed by atoms with Gasteiger partial charge in [0, 0.05) is 24.0 Å². The topological polar surface area (TPSA) is 0 Å². The van der Waals surface area contributed by atoms with Crippen molar-refractivity contribution in [2.75, 3.05) is 0 Å². The smallest absolute Gasteiger partial charge is 0.0248 e. The number of benzene rings is 2. The van der Waals surface area contributed by atoms with Crippen molar-refractivity contribution in [3.05, 3.63) is 58.7 Å². The van der Waals surface area contributed by atoms with Crippen molar-refractivity contribution in [3.63, 3.8) is 0 Å². The zero-order chi connectivity index (χ0) is 17.5. The summed E-state index contributed by atoms with van der Waals surface area (Å²) in [6.07, 6.45) is 7.77. The molecule has 0 atom stereocenters. The molecular weight excluding hydrogens is 300 g/mol. The molecule has 2 aromatic carbocycles. The molecule has 0 saturated heterocycles. The normalized spacial score (nSPS) is 11.0. The minimum absolute atomic E-state index is 0.994. The minimum atomic E-state index is 0.994. The molecule has 0 unspecified atom stereocenters. The van der Waals surface area contributed by atoms with Gasteiger partial charge < -0.3 is 0 Å². The summed E-state index contributed by atoms with van der Waals surface area (Å²) < 4.78 is 0. The van der Waals surface area contributed by atoms with Crippen molar-refractivity contribution in [1.82, 2.24) is 0 Å². The van der Waals surface area contributed by atoms with E-state index in [-0.39, 0.29) is 0 Å². The number of fused-ring (bicyclic) bond motifs is 3. The quantitative estimate of drug-likeness (QED) is 0.387. The Morgan fingerprint density at radius 3 is 1.64 bits per heavy atom. The molecule has 0 bridgehead atoms. The summed E-state index contributed by atoms with van der Waals surface area (Å²) >= 11 is 0. The van der Waals surface area contributed by atoms with E-state index in [1.807, 2.05) is 0 Å². The van der Waals surface area contributed by atoms with Crippen LogP contribution in [-0.4, -0.2) is 0 Å². The lowest BCUT2D eigenvalue weighted by atomic mass is 10.0. The van der Waals surface area contributed by atoms with Gasteiger partial charge >= 0.3 is 0 Å². The summed E-state index contributed by atoms with van der Waals surface area (Å²) in [7, 11) is 0. The first-order valence-corrected chi connectivity index (χ1v) is 9.55. The van der Waals surface area contributed by atoms with Crippen LogP contribution in [-0.2, 0) is 6.42 Å². The van der Waals surface area contributed by atoms with E-state index in [2.05, 4.69) is 73.9 Å². The highest BCUT2D eigenvalue weighted by Gasteiger charge is 2.18. The van der Waals surface area contributed by atoms with E-state index in [0.717, 1.165) is 30.4 Å². The molecule has 3 rings (SSSR count). The standard InChI is InChI=1S/C25H26/c1-3-5-7-9-11-20-13-15-24-22(17-20)19-23-18-21(14-16-25(23)24)12-10-8-6-4-2/h13-18H,3-8,19H2,1-2H3. The van der Waals surface area contributed by atoms with E-state index in [4.69, 9.17) is 0 Å². The van der Waals surface area contributed by atoms with E-state index in [1.54, 1.807) is 0 Å². The molecule has 0 aliphatic heterocycles. The number of hydrogen-bond acceptors (Lipinski definition) is 0. The maximum absolute atomic E-state index is 3.31. The third-order valence-electron chi connectivity index (χ3n) is 4.66. The van der Waals surface area contributed by atoms with Gasteiger partial charge in [0.1, 0.15) is 0 Å². The second kappa shape index (κ2) is 8.60. The summed E-state index contributed by atoms with van der Waals surface area (Å²) in [5, 5.41) is 0. The molecule has 0 aromatic heterocycles. The maximum Gasteiger partial charge on any atom is 0.0248 e. The second-order valence-electron chi connectivity index (χ2n) is 6.73.